The van der Waals surface area contributed by atoms with E-state index in [0.29, 0.717) is 17.7 Å². The van der Waals surface area contributed by atoms with Gasteiger partial charge >= 0.3 is 12.4 Å². The van der Waals surface area contributed by atoms with Crippen LogP contribution in [0.4, 0.5) is 30.7 Å². The predicted molar refractivity (Wildman–Crippen MR) is 143 cm³/mol. The largest absolute Gasteiger partial charge is 0.416 e. The van der Waals surface area contributed by atoms with Crippen LogP contribution in [0.5, 0.6) is 0 Å². The third kappa shape index (κ3) is 16.5. The molecule has 1 saturated carbocycles. The Labute approximate surface area is 230 Å². The fourth-order valence-corrected chi connectivity index (χ4v) is 3.72. The predicted octanol–water partition coefficient (Wildman–Crippen LogP) is 7.91. The first-order valence-electron chi connectivity index (χ1n) is 12.6. The maximum absolute atomic E-state index is 13.3. The molecule has 4 N–H and O–H groups in total. The zero-order valence-corrected chi connectivity index (χ0v) is 22.5. The Kier molecular flexibility index (Phi) is 14.4. The molecule has 3 aromatic rings. The summed E-state index contributed by atoms with van der Waals surface area (Å²) in [6.07, 6.45) is -5.03. The Bertz CT molecular complexity index is 1150. The van der Waals surface area contributed by atoms with Gasteiger partial charge < -0.3 is 11.5 Å². The first-order chi connectivity index (χ1) is 18.5. The topological polar surface area (TPSA) is 69.1 Å². The summed E-state index contributed by atoms with van der Waals surface area (Å²) >= 11 is 0. The lowest BCUT2D eigenvalue weighted by Crippen LogP contribution is -2.13. The first-order valence-corrected chi connectivity index (χ1v) is 12.6. The van der Waals surface area contributed by atoms with Gasteiger partial charge in [-0.2, -0.15) is 26.3 Å². The van der Waals surface area contributed by atoms with E-state index in [1.807, 2.05) is 18.2 Å². The summed E-state index contributed by atoms with van der Waals surface area (Å²) < 4.78 is 88.3. The number of aryl methyl sites for hydroxylation is 1. The molecule has 0 heterocycles. The van der Waals surface area contributed by atoms with E-state index in [4.69, 9.17) is 5.73 Å². The second-order valence-corrected chi connectivity index (χ2v) is 9.44. The highest BCUT2D eigenvalue weighted by molar-refractivity contribution is 5.70. The van der Waals surface area contributed by atoms with Crippen molar-refractivity contribution in [3.63, 3.8) is 0 Å². The standard InChI is InChI=1S/C16H11F7.C7H8.C5H11N.C2H5NO/c17-14-7-12(6-13(8-14)16(21,22)23)5-10-2-1-3-11(4-10)9-15(18,19)20;1-7-5-3-2-4-6-7;6-5-3-1-2-4-5;1-2(3)4/h1-4,6-8H,5,9H2;2-6H,1H3;5H,1-4,6H2;1H3,(H2,3,4). The molecule has 0 atom stereocenters. The molecular weight excluding hydrogens is 537 g/mol. The van der Waals surface area contributed by atoms with Gasteiger partial charge in [-0.15, -0.1) is 0 Å². The van der Waals surface area contributed by atoms with Crippen molar-refractivity contribution in [2.45, 2.75) is 70.8 Å². The zero-order valence-electron chi connectivity index (χ0n) is 22.5. The van der Waals surface area contributed by atoms with E-state index in [0.717, 1.165) is 12.1 Å². The van der Waals surface area contributed by atoms with Gasteiger partial charge in [0.1, 0.15) is 5.82 Å². The Morgan fingerprint density at radius 2 is 1.38 bits per heavy atom. The molecule has 3 aromatic carbocycles. The fourth-order valence-electron chi connectivity index (χ4n) is 3.72. The first kappa shape index (κ1) is 34.6. The van der Waals surface area contributed by atoms with Gasteiger partial charge in [0.05, 0.1) is 12.0 Å². The van der Waals surface area contributed by atoms with Gasteiger partial charge in [0, 0.05) is 13.0 Å². The smallest absolute Gasteiger partial charge is 0.370 e. The molecular formula is C30H35F7N2O. The normalized spacial score (nSPS) is 13.2. The lowest BCUT2D eigenvalue weighted by molar-refractivity contribution is -0.137. The molecule has 1 amide bonds. The molecule has 0 aromatic heterocycles. The fraction of sp³-hybridized carbons (Fsp3) is 0.367. The van der Waals surface area contributed by atoms with Gasteiger partial charge in [-0.25, -0.2) is 4.39 Å². The molecule has 3 nitrogen and oxygen atoms in total. The summed E-state index contributed by atoms with van der Waals surface area (Å²) in [5, 5.41) is 0. The molecule has 4 rings (SSSR count). The van der Waals surface area contributed by atoms with Crippen LogP contribution < -0.4 is 11.5 Å². The summed E-state index contributed by atoms with van der Waals surface area (Å²) in [5.41, 5.74) is 10.6. The average Bonchev–Trinajstić information content (AvgIpc) is 3.29. The Morgan fingerprint density at radius 3 is 1.80 bits per heavy atom. The van der Waals surface area contributed by atoms with Gasteiger partial charge in [0.25, 0.3) is 0 Å². The van der Waals surface area contributed by atoms with Crippen LogP contribution in [0.3, 0.4) is 0 Å². The number of nitrogens with two attached hydrogens (primary N) is 2. The number of carbonyl (C=O) groups is 1. The molecule has 40 heavy (non-hydrogen) atoms. The molecule has 0 unspecified atom stereocenters. The van der Waals surface area contributed by atoms with E-state index in [9.17, 15) is 35.5 Å². The van der Waals surface area contributed by atoms with E-state index >= 15 is 0 Å². The molecule has 1 aliphatic rings. The van der Waals surface area contributed by atoms with Crippen LogP contribution in [0.15, 0.2) is 72.8 Å². The lowest BCUT2D eigenvalue weighted by atomic mass is 10.00. The van der Waals surface area contributed by atoms with Crippen molar-refractivity contribution in [1.29, 1.82) is 0 Å². The monoisotopic (exact) mass is 572 g/mol. The van der Waals surface area contributed by atoms with E-state index in [1.165, 1.54) is 62.4 Å². The number of hydrogen-bond acceptors (Lipinski definition) is 2. The van der Waals surface area contributed by atoms with Crippen LogP contribution in [0.2, 0.25) is 0 Å². The molecule has 1 fully saturated rings. The van der Waals surface area contributed by atoms with Crippen molar-refractivity contribution in [3.05, 3.63) is 106 Å². The molecule has 1 aliphatic carbocycles. The average molecular weight is 573 g/mol. The van der Waals surface area contributed by atoms with E-state index < -0.39 is 30.2 Å². The molecule has 0 saturated heterocycles. The molecule has 0 spiro atoms. The number of rotatable bonds is 3. The maximum Gasteiger partial charge on any atom is 0.416 e. The highest BCUT2D eigenvalue weighted by Crippen LogP contribution is 2.31. The van der Waals surface area contributed by atoms with Crippen LogP contribution in [-0.2, 0) is 23.8 Å². The van der Waals surface area contributed by atoms with Crippen LogP contribution in [0.25, 0.3) is 0 Å². The van der Waals surface area contributed by atoms with Crippen molar-refractivity contribution >= 4 is 5.91 Å². The summed E-state index contributed by atoms with van der Waals surface area (Å²) in [5.74, 6) is -1.37. The van der Waals surface area contributed by atoms with Gasteiger partial charge in [-0.3, -0.25) is 4.79 Å². The van der Waals surface area contributed by atoms with Gasteiger partial charge in [0.15, 0.2) is 0 Å². The van der Waals surface area contributed by atoms with Crippen molar-refractivity contribution in [3.8, 4) is 0 Å². The number of amides is 1. The SMILES string of the molecule is CC(N)=O.Cc1ccccc1.Fc1cc(Cc2cccc(CC(F)(F)F)c2)cc(C(F)(F)F)c1.NC1CCCC1. The Balaban J connectivity index is 0.000000377. The number of benzene rings is 3. The minimum atomic E-state index is -4.69. The number of hydrogen-bond donors (Lipinski definition) is 2. The molecule has 10 heteroatoms. The minimum Gasteiger partial charge on any atom is -0.370 e. The quantitative estimate of drug-likeness (QED) is 0.313. The van der Waals surface area contributed by atoms with Crippen LogP contribution in [0, 0.1) is 12.7 Å². The Hall–Kier alpha value is -3.40. The Morgan fingerprint density at radius 1 is 0.825 bits per heavy atom. The van der Waals surface area contributed by atoms with E-state index in [2.05, 4.69) is 24.8 Å². The highest BCUT2D eigenvalue weighted by atomic mass is 19.4. The van der Waals surface area contributed by atoms with Crippen LogP contribution in [0.1, 0.15) is 60.4 Å². The second kappa shape index (κ2) is 16.6. The number of primary amides is 1. The van der Waals surface area contributed by atoms with Crippen molar-refractivity contribution < 1.29 is 35.5 Å². The van der Waals surface area contributed by atoms with E-state index in [1.54, 1.807) is 0 Å². The molecule has 220 valence electrons. The third-order valence-electron chi connectivity index (χ3n) is 5.43. The highest BCUT2D eigenvalue weighted by Gasteiger charge is 2.31. The van der Waals surface area contributed by atoms with Crippen molar-refractivity contribution in [2.75, 3.05) is 0 Å². The maximum atomic E-state index is 13.3. The van der Waals surface area contributed by atoms with Gasteiger partial charge in [-0.1, -0.05) is 73.0 Å². The summed E-state index contributed by atoms with van der Waals surface area (Å²) in [6, 6.07) is 18.3. The zero-order chi connectivity index (χ0) is 30.3. The summed E-state index contributed by atoms with van der Waals surface area (Å²) in [6.45, 7) is 3.39. The second-order valence-electron chi connectivity index (χ2n) is 9.44. The number of carbonyl (C=O) groups excluding carboxylic acids is 1. The summed E-state index contributed by atoms with van der Waals surface area (Å²) in [7, 11) is 0. The number of alkyl halides is 6. The third-order valence-corrected chi connectivity index (χ3v) is 5.43. The lowest BCUT2D eigenvalue weighted by Gasteiger charge is -2.11. The minimum absolute atomic E-state index is 0.00227. The molecule has 0 radical (unpaired) electrons. The van der Waals surface area contributed by atoms with Crippen molar-refractivity contribution in [1.82, 2.24) is 0 Å². The van der Waals surface area contributed by atoms with Gasteiger partial charge in [-0.05, 0) is 61.1 Å². The van der Waals surface area contributed by atoms with Crippen molar-refractivity contribution in [2.24, 2.45) is 11.5 Å². The number of halogens is 7. The van der Waals surface area contributed by atoms with E-state index in [-0.39, 0.29) is 23.5 Å². The molecule has 0 aliphatic heterocycles. The molecule has 0 bridgehead atoms. The summed E-state index contributed by atoms with van der Waals surface area (Å²) in [4.78, 5) is 9.22. The van der Waals surface area contributed by atoms with Crippen LogP contribution in [-0.4, -0.2) is 18.1 Å². The van der Waals surface area contributed by atoms with Gasteiger partial charge in [0.2, 0.25) is 5.91 Å². The van der Waals surface area contributed by atoms with Crippen LogP contribution >= 0.6 is 0 Å².